The summed E-state index contributed by atoms with van der Waals surface area (Å²) in [6.07, 6.45) is 2.84. The van der Waals surface area contributed by atoms with Gasteiger partial charge in [0, 0.05) is 31.5 Å². The molecule has 3 aromatic rings. The van der Waals surface area contributed by atoms with Crippen molar-refractivity contribution < 1.29 is 14.3 Å². The number of carbonyl (C=O) groups excluding carboxylic acids is 1. The fourth-order valence-corrected chi connectivity index (χ4v) is 3.20. The topological polar surface area (TPSA) is 72.5 Å². The van der Waals surface area contributed by atoms with Gasteiger partial charge >= 0.3 is 5.97 Å². The second kappa shape index (κ2) is 18.2. The van der Waals surface area contributed by atoms with E-state index < -0.39 is 5.97 Å². The zero-order valence-electron chi connectivity index (χ0n) is 19.8. The highest BCUT2D eigenvalue weighted by atomic mass is 35.5. The number of hydrogen-bond donors (Lipinski definition) is 2. The number of aryl methyl sites for hydroxylation is 1. The lowest BCUT2D eigenvalue weighted by molar-refractivity contribution is -0.0273. The number of nitrogens with zero attached hydrogens (tertiary/aromatic N) is 1. The number of benzene rings is 2. The van der Waals surface area contributed by atoms with Gasteiger partial charge in [0.25, 0.3) is 0 Å². The minimum Gasteiger partial charge on any atom is -0.435 e. The number of aromatic nitrogens is 1. The number of esters is 1. The molecule has 2 aromatic carbocycles. The third-order valence-corrected chi connectivity index (χ3v) is 5.33. The lowest BCUT2D eigenvalue weighted by Gasteiger charge is -2.15. The Morgan fingerprint density at radius 1 is 1.03 bits per heavy atom. The SMILES string of the molecule is CCOCOC(=O)c1ccccc1Nc1c(Cl)ccc(C)c1Cl.CNCCc1ccccn1.Cl.Cl. The minimum absolute atomic E-state index is 0. The van der Waals surface area contributed by atoms with Crippen molar-refractivity contribution in [1.82, 2.24) is 10.3 Å². The number of halogens is 4. The Bertz CT molecular complexity index is 1020. The molecule has 1 heterocycles. The summed E-state index contributed by atoms with van der Waals surface area (Å²) in [6.45, 7) is 5.09. The van der Waals surface area contributed by atoms with E-state index in [-0.39, 0.29) is 31.6 Å². The van der Waals surface area contributed by atoms with Crippen molar-refractivity contribution in [3.63, 3.8) is 0 Å². The Kier molecular flexibility index (Phi) is 17.2. The van der Waals surface area contributed by atoms with E-state index in [2.05, 4.69) is 15.6 Å². The molecule has 0 amide bonds. The highest BCUT2D eigenvalue weighted by Crippen LogP contribution is 2.36. The van der Waals surface area contributed by atoms with Crippen LogP contribution in [0.1, 0.15) is 28.5 Å². The Hall–Kier alpha value is -2.06. The highest BCUT2D eigenvalue weighted by Gasteiger charge is 2.15. The van der Waals surface area contributed by atoms with Gasteiger partial charge in [0.2, 0.25) is 0 Å². The van der Waals surface area contributed by atoms with Crippen LogP contribution >= 0.6 is 48.0 Å². The van der Waals surface area contributed by atoms with E-state index in [1.807, 2.05) is 51.4 Å². The Morgan fingerprint density at radius 3 is 2.40 bits per heavy atom. The largest absolute Gasteiger partial charge is 0.435 e. The third kappa shape index (κ3) is 11.0. The number of likely N-dealkylation sites (N-methyl/N-ethyl adjacent to an activating group) is 1. The lowest BCUT2D eigenvalue weighted by atomic mass is 10.1. The molecule has 0 fully saturated rings. The average molecular weight is 563 g/mol. The summed E-state index contributed by atoms with van der Waals surface area (Å²) in [5.41, 5.74) is 3.52. The normalized spacial score (nSPS) is 9.63. The predicted octanol–water partition coefficient (Wildman–Crippen LogP) is 6.88. The maximum absolute atomic E-state index is 12.2. The Balaban J connectivity index is 0.000000816. The van der Waals surface area contributed by atoms with Crippen molar-refractivity contribution in [1.29, 1.82) is 0 Å². The van der Waals surface area contributed by atoms with Crippen molar-refractivity contribution in [3.8, 4) is 0 Å². The third-order valence-electron chi connectivity index (χ3n) is 4.53. The van der Waals surface area contributed by atoms with Crippen LogP contribution in [0.2, 0.25) is 10.0 Å². The van der Waals surface area contributed by atoms with E-state index in [9.17, 15) is 4.79 Å². The number of anilines is 2. The van der Waals surface area contributed by atoms with Crippen LogP contribution < -0.4 is 10.6 Å². The molecule has 6 nitrogen and oxygen atoms in total. The second-order valence-corrected chi connectivity index (χ2v) is 7.73. The van der Waals surface area contributed by atoms with Crippen molar-refractivity contribution in [2.24, 2.45) is 0 Å². The fraction of sp³-hybridized carbons (Fsp3) is 0.280. The van der Waals surface area contributed by atoms with Gasteiger partial charge in [-0.2, -0.15) is 0 Å². The van der Waals surface area contributed by atoms with Crippen molar-refractivity contribution >= 4 is 65.4 Å². The van der Waals surface area contributed by atoms with Gasteiger partial charge in [-0.3, -0.25) is 4.98 Å². The van der Waals surface area contributed by atoms with Crippen LogP contribution in [0.3, 0.4) is 0 Å². The van der Waals surface area contributed by atoms with Gasteiger partial charge in [0.05, 0.1) is 27.0 Å². The van der Waals surface area contributed by atoms with Gasteiger partial charge in [-0.1, -0.05) is 47.5 Å². The zero-order chi connectivity index (χ0) is 24.1. The summed E-state index contributed by atoms with van der Waals surface area (Å²) in [6, 6.07) is 16.5. The molecule has 0 aliphatic heterocycles. The molecule has 0 aliphatic carbocycles. The number of para-hydroxylation sites is 1. The van der Waals surface area contributed by atoms with E-state index >= 15 is 0 Å². The number of nitrogens with one attached hydrogen (secondary N) is 2. The number of pyridine rings is 1. The maximum atomic E-state index is 12.2. The van der Waals surface area contributed by atoms with Gasteiger partial charge in [0.15, 0.2) is 6.79 Å². The maximum Gasteiger partial charge on any atom is 0.342 e. The van der Waals surface area contributed by atoms with Gasteiger partial charge in [0.1, 0.15) is 0 Å². The van der Waals surface area contributed by atoms with Crippen molar-refractivity contribution in [2.75, 3.05) is 32.3 Å². The number of hydrogen-bond acceptors (Lipinski definition) is 6. The van der Waals surface area contributed by atoms with E-state index in [0.29, 0.717) is 33.6 Å². The molecule has 35 heavy (non-hydrogen) atoms. The quantitative estimate of drug-likeness (QED) is 0.168. The molecule has 0 aliphatic rings. The van der Waals surface area contributed by atoms with Gasteiger partial charge < -0.3 is 20.1 Å². The molecule has 2 N–H and O–H groups in total. The molecule has 0 saturated carbocycles. The van der Waals surface area contributed by atoms with Crippen LogP contribution in [0.25, 0.3) is 0 Å². The summed E-state index contributed by atoms with van der Waals surface area (Å²) in [5, 5.41) is 7.17. The van der Waals surface area contributed by atoms with Crippen molar-refractivity contribution in [2.45, 2.75) is 20.3 Å². The summed E-state index contributed by atoms with van der Waals surface area (Å²) in [4.78, 5) is 16.3. The minimum atomic E-state index is -0.485. The van der Waals surface area contributed by atoms with Crippen molar-refractivity contribution in [3.05, 3.63) is 87.7 Å². The first-order valence-electron chi connectivity index (χ1n) is 10.6. The highest BCUT2D eigenvalue weighted by molar-refractivity contribution is 6.39. The van der Waals surface area contributed by atoms with Crippen LogP contribution in [0, 0.1) is 6.92 Å². The molecule has 0 saturated heterocycles. The Labute approximate surface area is 229 Å². The monoisotopic (exact) mass is 561 g/mol. The first-order valence-corrected chi connectivity index (χ1v) is 11.3. The molecule has 0 unspecified atom stereocenters. The lowest BCUT2D eigenvalue weighted by Crippen LogP contribution is -2.11. The molecule has 0 bridgehead atoms. The predicted molar refractivity (Wildman–Crippen MR) is 149 cm³/mol. The number of carbonyl (C=O) groups is 1. The first-order chi connectivity index (χ1) is 16.0. The van der Waals surface area contributed by atoms with Gasteiger partial charge in [-0.05, 0) is 56.8 Å². The smallest absolute Gasteiger partial charge is 0.342 e. The molecular formula is C25H31Cl4N3O3. The first kappa shape index (κ1) is 32.9. The molecule has 10 heteroatoms. The average Bonchev–Trinajstić information content (AvgIpc) is 2.84. The van der Waals surface area contributed by atoms with E-state index in [1.165, 1.54) is 0 Å². The van der Waals surface area contributed by atoms with Crippen LogP contribution in [0.15, 0.2) is 60.8 Å². The molecule has 0 radical (unpaired) electrons. The fourth-order valence-electron chi connectivity index (χ4n) is 2.73. The van der Waals surface area contributed by atoms with E-state index in [4.69, 9.17) is 32.7 Å². The number of rotatable bonds is 9. The van der Waals surface area contributed by atoms with Crippen LogP contribution in [-0.2, 0) is 15.9 Å². The molecular weight excluding hydrogens is 532 g/mol. The molecule has 0 atom stereocenters. The second-order valence-electron chi connectivity index (χ2n) is 6.94. The molecule has 0 spiro atoms. The van der Waals surface area contributed by atoms with Gasteiger partial charge in [-0.25, -0.2) is 4.79 Å². The van der Waals surface area contributed by atoms with E-state index in [1.54, 1.807) is 30.3 Å². The van der Waals surface area contributed by atoms with Crippen LogP contribution in [-0.4, -0.2) is 37.9 Å². The van der Waals surface area contributed by atoms with Gasteiger partial charge in [-0.15, -0.1) is 24.8 Å². The standard InChI is InChI=1S/C17H17Cl2NO3.C8H12N2.2ClH/c1-3-22-10-23-17(21)12-6-4-5-7-14(12)20-16-13(18)9-8-11(2)15(16)19;1-9-7-5-8-4-2-3-6-10-8;;/h4-9,20H,3,10H2,1-2H3;2-4,6,9H,5,7H2,1H3;2*1H. The number of ether oxygens (including phenoxy) is 2. The summed E-state index contributed by atoms with van der Waals surface area (Å²) in [5.74, 6) is -0.485. The molecule has 1 aromatic heterocycles. The zero-order valence-corrected chi connectivity index (χ0v) is 23.0. The van der Waals surface area contributed by atoms with Crippen LogP contribution in [0.4, 0.5) is 11.4 Å². The molecule has 3 rings (SSSR count). The summed E-state index contributed by atoms with van der Waals surface area (Å²) >= 11 is 12.5. The Morgan fingerprint density at radius 2 is 1.74 bits per heavy atom. The van der Waals surface area contributed by atoms with Crippen LogP contribution in [0.5, 0.6) is 0 Å². The summed E-state index contributed by atoms with van der Waals surface area (Å²) in [7, 11) is 1.95. The van der Waals surface area contributed by atoms with E-state index in [0.717, 1.165) is 24.2 Å². The molecule has 192 valence electrons. The summed E-state index contributed by atoms with van der Waals surface area (Å²) < 4.78 is 10.1.